The Morgan fingerprint density at radius 3 is 0.844 bits per heavy atom. The molecule has 20 heteroatoms. The summed E-state index contributed by atoms with van der Waals surface area (Å²) >= 11 is 0. The molecule has 1 fully saturated rings. The van der Waals surface area contributed by atoms with Crippen LogP contribution in [-0.2, 0) is 9.05 Å². The van der Waals surface area contributed by atoms with Crippen molar-refractivity contribution in [1.29, 1.82) is 0 Å². The molecule has 1 aliphatic heterocycles. The fourth-order valence-corrected chi connectivity index (χ4v) is 21.8. The summed E-state index contributed by atoms with van der Waals surface area (Å²) in [4.78, 5) is 0. The molecule has 0 saturated carbocycles. The molecule has 0 aliphatic carbocycles. The molecule has 0 amide bonds. The normalized spacial score (nSPS) is 25.5. The van der Waals surface area contributed by atoms with Crippen LogP contribution in [0, 0.1) is 0 Å². The third-order valence-corrected chi connectivity index (χ3v) is 18.1. The quantitative estimate of drug-likeness (QED) is 0.200. The summed E-state index contributed by atoms with van der Waals surface area (Å²) in [7, 11) is -17.2. The molecule has 0 atom stereocenters. The van der Waals surface area contributed by atoms with Gasteiger partial charge in [0.2, 0.25) is 0 Å². The molecule has 0 unspecified atom stereocenters. The van der Waals surface area contributed by atoms with E-state index in [9.17, 15) is 52.7 Å². The first-order chi connectivity index (χ1) is 13.3. The van der Waals surface area contributed by atoms with E-state index in [2.05, 4.69) is 9.05 Å². The van der Waals surface area contributed by atoms with Crippen LogP contribution in [0.3, 0.4) is 0 Å². The van der Waals surface area contributed by atoms with Crippen molar-refractivity contribution in [1.82, 2.24) is 4.00 Å². The third-order valence-electron chi connectivity index (χ3n) is 4.25. The van der Waals surface area contributed by atoms with Crippen molar-refractivity contribution >= 4 is 24.3 Å². The molecule has 0 aromatic heterocycles. The summed E-state index contributed by atoms with van der Waals surface area (Å²) in [5, 5.41) is 0. The zero-order chi connectivity index (χ0) is 26.4. The zero-order valence-corrected chi connectivity index (χ0v) is 19.9. The van der Waals surface area contributed by atoms with Crippen molar-refractivity contribution in [3.05, 3.63) is 0 Å². The molecule has 1 heterocycles. The van der Waals surface area contributed by atoms with Gasteiger partial charge in [-0.25, -0.2) is 0 Å². The SMILES string of the molecule is C[Si](C)(C)N([Si](C)(C)C)P1(F)(F)OC(C(F)(F)F)(C(F)(F)F)C(C(F)(F)F)(C(F)(F)F)O1. The van der Waals surface area contributed by atoms with Gasteiger partial charge in [0.15, 0.2) is 0 Å². The fourth-order valence-electron chi connectivity index (χ4n) is 3.95. The minimum absolute atomic E-state index is 0.461. The van der Waals surface area contributed by atoms with E-state index in [-0.39, 0.29) is 0 Å². The summed E-state index contributed by atoms with van der Waals surface area (Å²) in [5.74, 6) is 0. The van der Waals surface area contributed by atoms with Gasteiger partial charge in [0.1, 0.15) is 0 Å². The average molecular weight is 561 g/mol. The molecule has 0 N–H and O–H groups in total. The predicted molar refractivity (Wildman–Crippen MR) is 89.5 cm³/mol. The summed E-state index contributed by atoms with van der Waals surface area (Å²) in [6.07, 6.45) is -30.7. The molecule has 0 aromatic carbocycles. The number of hydrogen-bond donors (Lipinski definition) is 0. The van der Waals surface area contributed by atoms with Crippen molar-refractivity contribution in [2.45, 2.75) is 75.2 Å². The Balaban J connectivity index is 4.44. The fraction of sp³-hybridized carbons (Fsp3) is 1.00. The second-order valence-corrected chi connectivity index (χ2v) is 21.9. The van der Waals surface area contributed by atoms with Gasteiger partial charge in [-0.1, -0.05) is 0 Å². The number of hydrogen-bond acceptors (Lipinski definition) is 3. The van der Waals surface area contributed by atoms with Crippen molar-refractivity contribution < 1.29 is 70.1 Å². The van der Waals surface area contributed by atoms with Crippen LogP contribution in [0.2, 0.25) is 39.3 Å². The molecular formula is C12H18F14NO2PSi2. The Labute approximate surface area is 174 Å². The molecule has 1 rings (SSSR count). The molecule has 0 spiro atoms. The van der Waals surface area contributed by atoms with Crippen molar-refractivity contribution in [2.24, 2.45) is 0 Å². The summed E-state index contributed by atoms with van der Waals surface area (Å²) < 4.78 is 200. The van der Waals surface area contributed by atoms with Crippen molar-refractivity contribution in [3.63, 3.8) is 0 Å². The van der Waals surface area contributed by atoms with Gasteiger partial charge in [0.25, 0.3) is 0 Å². The Bertz CT molecular complexity index is 660. The summed E-state index contributed by atoms with van der Waals surface area (Å²) in [6.45, 7) is 5.22. The van der Waals surface area contributed by atoms with Gasteiger partial charge in [0, 0.05) is 0 Å². The first-order valence-electron chi connectivity index (χ1n) is 8.28. The van der Waals surface area contributed by atoms with E-state index in [0.29, 0.717) is 0 Å². The van der Waals surface area contributed by atoms with Crippen LogP contribution in [0.15, 0.2) is 0 Å². The van der Waals surface area contributed by atoms with Gasteiger partial charge in [-0.2, -0.15) is 0 Å². The van der Waals surface area contributed by atoms with Crippen LogP contribution >= 0.6 is 7.83 Å². The van der Waals surface area contributed by atoms with E-state index in [1.165, 1.54) is 0 Å². The summed E-state index contributed by atoms with van der Waals surface area (Å²) in [5.41, 5.74) is -15.0. The molecular weight excluding hydrogens is 543 g/mol. The summed E-state index contributed by atoms with van der Waals surface area (Å²) in [6, 6.07) is 0. The minimum atomic E-state index is -9.14. The Morgan fingerprint density at radius 1 is 0.531 bits per heavy atom. The topological polar surface area (TPSA) is 21.7 Å². The van der Waals surface area contributed by atoms with Gasteiger partial charge in [0.05, 0.1) is 0 Å². The molecule has 1 saturated heterocycles. The number of nitrogens with zero attached hydrogens (tertiary/aromatic N) is 1. The monoisotopic (exact) mass is 561 g/mol. The maximum atomic E-state index is 15.8. The molecule has 0 radical (unpaired) electrons. The van der Waals surface area contributed by atoms with Crippen LogP contribution in [0.25, 0.3) is 0 Å². The van der Waals surface area contributed by atoms with Crippen LogP contribution in [0.1, 0.15) is 0 Å². The van der Waals surface area contributed by atoms with Gasteiger partial charge in [-0.3, -0.25) is 0 Å². The van der Waals surface area contributed by atoms with Gasteiger partial charge < -0.3 is 0 Å². The van der Waals surface area contributed by atoms with Crippen molar-refractivity contribution in [2.75, 3.05) is 0 Å². The second-order valence-electron chi connectivity index (χ2n) is 8.92. The third kappa shape index (κ3) is 3.97. The van der Waals surface area contributed by atoms with Crippen LogP contribution in [0.4, 0.5) is 61.1 Å². The van der Waals surface area contributed by atoms with E-state index < -0.39 is 64.2 Å². The van der Waals surface area contributed by atoms with E-state index in [0.717, 1.165) is 39.3 Å². The first kappa shape index (κ1) is 29.8. The van der Waals surface area contributed by atoms with Gasteiger partial charge in [-0.15, -0.1) is 0 Å². The number of alkyl halides is 12. The molecule has 0 aromatic rings. The average Bonchev–Trinajstić information content (AvgIpc) is 2.60. The Morgan fingerprint density at radius 2 is 0.719 bits per heavy atom. The van der Waals surface area contributed by atoms with Crippen molar-refractivity contribution in [3.8, 4) is 0 Å². The first-order valence-corrected chi connectivity index (χ1v) is 17.0. The second kappa shape index (κ2) is 6.92. The Kier molecular flexibility index (Phi) is 6.44. The van der Waals surface area contributed by atoms with Crippen LogP contribution in [0.5, 0.6) is 0 Å². The van der Waals surface area contributed by atoms with Gasteiger partial charge in [-0.05, 0) is 0 Å². The van der Waals surface area contributed by atoms with Crippen LogP contribution in [-0.4, -0.2) is 56.4 Å². The van der Waals surface area contributed by atoms with E-state index in [4.69, 9.17) is 0 Å². The molecule has 1 aliphatic rings. The molecule has 32 heavy (non-hydrogen) atoms. The van der Waals surface area contributed by atoms with E-state index >= 15 is 8.39 Å². The van der Waals surface area contributed by atoms with Crippen LogP contribution < -0.4 is 0 Å². The number of rotatable bonds is 3. The number of halogens is 14. The molecule has 3 nitrogen and oxygen atoms in total. The van der Waals surface area contributed by atoms with E-state index in [1.54, 1.807) is 0 Å². The molecule has 194 valence electrons. The van der Waals surface area contributed by atoms with Gasteiger partial charge >= 0.3 is 174 Å². The predicted octanol–water partition coefficient (Wildman–Crippen LogP) is 7.80. The van der Waals surface area contributed by atoms with E-state index in [1.807, 2.05) is 0 Å². The standard InChI is InChI=1S/C12H18F14NO2PSi2/c1-31(2,3)27(32(4,5)6)30(25,26)28-7(9(13,14)15,10(16,17)18)8(29-30,11(19,20)21)12(22,23)24/h1-6H3. The Hall–Kier alpha value is -0.236. The molecule has 0 bridgehead atoms. The zero-order valence-electron chi connectivity index (χ0n) is 17.0. The maximum absolute atomic E-state index is 15.8.